The van der Waals surface area contributed by atoms with E-state index < -0.39 is 0 Å². The van der Waals surface area contributed by atoms with Crippen LogP contribution < -0.4 is 10.1 Å². The summed E-state index contributed by atoms with van der Waals surface area (Å²) in [6.45, 7) is 10.2. The Bertz CT molecular complexity index is 1620. The average Bonchev–Trinajstić information content (AvgIpc) is 3.53. The highest BCUT2D eigenvalue weighted by Gasteiger charge is 2.28. The third kappa shape index (κ3) is 5.14. The van der Waals surface area contributed by atoms with Gasteiger partial charge in [0.05, 0.1) is 18.9 Å². The van der Waals surface area contributed by atoms with E-state index in [0.717, 1.165) is 44.0 Å². The SMILES string of the molecule is COc1cc(C(=O)c2occc2C)ccc1-c1ccc2c(c1COC(=O)c1ccc(C)s1)C(C)=CC(C)(C)N2. The first-order valence-electron chi connectivity index (χ1n) is 12.7. The van der Waals surface area contributed by atoms with Gasteiger partial charge in [-0.05, 0) is 87.7 Å². The molecule has 2 aromatic heterocycles. The summed E-state index contributed by atoms with van der Waals surface area (Å²) in [5.74, 6) is 0.282. The van der Waals surface area contributed by atoms with Gasteiger partial charge in [0.2, 0.25) is 5.78 Å². The van der Waals surface area contributed by atoms with Crippen LogP contribution in [0, 0.1) is 13.8 Å². The van der Waals surface area contributed by atoms with Crippen LogP contribution in [0.3, 0.4) is 0 Å². The van der Waals surface area contributed by atoms with E-state index >= 15 is 0 Å². The Morgan fingerprint density at radius 3 is 2.44 bits per heavy atom. The van der Waals surface area contributed by atoms with Crippen LogP contribution in [0.2, 0.25) is 0 Å². The van der Waals surface area contributed by atoms with Crippen LogP contribution >= 0.6 is 11.3 Å². The molecule has 6 nitrogen and oxygen atoms in total. The second-order valence-corrected chi connectivity index (χ2v) is 11.6. The molecule has 0 saturated carbocycles. The number of nitrogens with one attached hydrogen (secondary N) is 1. The molecule has 0 amide bonds. The molecule has 0 spiro atoms. The lowest BCUT2D eigenvalue weighted by atomic mass is 9.85. The number of ether oxygens (including phenoxy) is 2. The molecule has 0 atom stereocenters. The van der Waals surface area contributed by atoms with Crippen LogP contribution in [0.4, 0.5) is 5.69 Å². The molecule has 0 aliphatic carbocycles. The molecule has 0 radical (unpaired) electrons. The van der Waals surface area contributed by atoms with E-state index in [1.54, 1.807) is 31.4 Å². The Hall–Kier alpha value is -4.10. The van der Waals surface area contributed by atoms with Crippen molar-refractivity contribution in [1.82, 2.24) is 0 Å². The monoisotopic (exact) mass is 541 g/mol. The predicted molar refractivity (Wildman–Crippen MR) is 155 cm³/mol. The van der Waals surface area contributed by atoms with Gasteiger partial charge in [-0.3, -0.25) is 4.79 Å². The number of thiophene rings is 1. The number of rotatable bonds is 7. The molecule has 4 aromatic rings. The van der Waals surface area contributed by atoms with Gasteiger partial charge in [0.1, 0.15) is 17.2 Å². The standard InChI is InChI=1S/C32H31NO5S/c1-18-13-14-37-30(18)29(34)21-8-9-23(26(15-21)36-6)22-10-11-25-28(19(2)16-32(4,5)33-25)24(22)17-38-31(35)27-12-7-20(3)39-27/h7-16,33H,17H2,1-6H3. The summed E-state index contributed by atoms with van der Waals surface area (Å²) in [5.41, 5.74) is 6.61. The van der Waals surface area contributed by atoms with Crippen LogP contribution in [0.5, 0.6) is 5.75 Å². The number of hydrogen-bond donors (Lipinski definition) is 1. The van der Waals surface area contributed by atoms with E-state index in [0.29, 0.717) is 22.0 Å². The number of ketones is 1. The summed E-state index contributed by atoms with van der Waals surface area (Å²) < 4.78 is 17.1. The van der Waals surface area contributed by atoms with Crippen molar-refractivity contribution >= 4 is 34.3 Å². The molecule has 7 heteroatoms. The Labute approximate surface area is 232 Å². The van der Waals surface area contributed by atoms with Crippen molar-refractivity contribution in [2.45, 2.75) is 46.8 Å². The van der Waals surface area contributed by atoms with Crippen LogP contribution in [-0.4, -0.2) is 24.4 Å². The van der Waals surface area contributed by atoms with Gasteiger partial charge in [0.25, 0.3) is 0 Å². The molecule has 0 saturated heterocycles. The Balaban J connectivity index is 1.59. The maximum atomic E-state index is 13.1. The Morgan fingerprint density at radius 2 is 1.77 bits per heavy atom. The average molecular weight is 542 g/mol. The number of fused-ring (bicyclic) bond motifs is 1. The summed E-state index contributed by atoms with van der Waals surface area (Å²) in [5, 5.41) is 3.58. The van der Waals surface area contributed by atoms with Gasteiger partial charge in [-0.2, -0.15) is 0 Å². The molecule has 0 fully saturated rings. The number of allylic oxidation sites excluding steroid dienone is 1. The Morgan fingerprint density at radius 1 is 1.00 bits per heavy atom. The lowest BCUT2D eigenvalue weighted by Gasteiger charge is -2.33. The molecular formula is C32H31NO5S. The van der Waals surface area contributed by atoms with Gasteiger partial charge in [-0.25, -0.2) is 4.79 Å². The predicted octanol–water partition coefficient (Wildman–Crippen LogP) is 7.83. The zero-order chi connectivity index (χ0) is 27.9. The van der Waals surface area contributed by atoms with Crippen LogP contribution in [0.15, 0.2) is 65.3 Å². The largest absolute Gasteiger partial charge is 0.496 e. The van der Waals surface area contributed by atoms with Gasteiger partial charge in [-0.1, -0.05) is 18.2 Å². The Kier molecular flexibility index (Phi) is 6.95. The van der Waals surface area contributed by atoms with E-state index in [2.05, 4.69) is 32.2 Å². The molecule has 2 aromatic carbocycles. The second kappa shape index (κ2) is 10.2. The zero-order valence-electron chi connectivity index (χ0n) is 22.9. The normalized spacial score (nSPS) is 13.7. The number of anilines is 1. The molecule has 0 unspecified atom stereocenters. The highest BCUT2D eigenvalue weighted by Crippen LogP contribution is 2.43. The summed E-state index contributed by atoms with van der Waals surface area (Å²) in [6, 6.07) is 14.9. The fourth-order valence-electron chi connectivity index (χ4n) is 5.15. The maximum absolute atomic E-state index is 13.1. The van der Waals surface area contributed by atoms with Crippen molar-refractivity contribution in [3.63, 3.8) is 0 Å². The zero-order valence-corrected chi connectivity index (χ0v) is 23.7. The molecular weight excluding hydrogens is 510 g/mol. The lowest BCUT2D eigenvalue weighted by molar-refractivity contribution is 0.0479. The fourth-order valence-corrected chi connectivity index (χ4v) is 5.91. The second-order valence-electron chi connectivity index (χ2n) is 10.4. The van der Waals surface area contributed by atoms with Crippen molar-refractivity contribution in [2.24, 2.45) is 0 Å². The number of carbonyl (C=O) groups excluding carboxylic acids is 2. The quantitative estimate of drug-likeness (QED) is 0.190. The topological polar surface area (TPSA) is 77.8 Å². The first kappa shape index (κ1) is 26.5. The fraction of sp³-hybridized carbons (Fsp3) is 0.250. The molecule has 39 heavy (non-hydrogen) atoms. The number of furan rings is 1. The minimum absolute atomic E-state index is 0.0804. The molecule has 0 bridgehead atoms. The third-order valence-corrected chi connectivity index (χ3v) is 7.83. The summed E-state index contributed by atoms with van der Waals surface area (Å²) in [7, 11) is 1.58. The molecule has 200 valence electrons. The van der Waals surface area contributed by atoms with Gasteiger partial charge in [0.15, 0.2) is 5.76 Å². The van der Waals surface area contributed by atoms with Crippen molar-refractivity contribution in [3.05, 3.63) is 98.6 Å². The van der Waals surface area contributed by atoms with Crippen molar-refractivity contribution < 1.29 is 23.5 Å². The molecule has 1 N–H and O–H groups in total. The summed E-state index contributed by atoms with van der Waals surface area (Å²) >= 11 is 1.41. The number of hydrogen-bond acceptors (Lipinski definition) is 7. The van der Waals surface area contributed by atoms with Crippen LogP contribution in [0.1, 0.15) is 68.1 Å². The summed E-state index contributed by atoms with van der Waals surface area (Å²) in [6.07, 6.45) is 3.69. The first-order chi connectivity index (χ1) is 18.6. The number of methoxy groups -OCH3 is 1. The minimum Gasteiger partial charge on any atom is -0.496 e. The van der Waals surface area contributed by atoms with Crippen molar-refractivity contribution in [3.8, 4) is 16.9 Å². The number of benzene rings is 2. The minimum atomic E-state index is -0.357. The molecule has 5 rings (SSSR count). The van der Waals surface area contributed by atoms with Crippen LogP contribution in [0.25, 0.3) is 16.7 Å². The number of carbonyl (C=O) groups is 2. The van der Waals surface area contributed by atoms with E-state index in [9.17, 15) is 9.59 Å². The van der Waals surface area contributed by atoms with Gasteiger partial charge in [0, 0.05) is 32.8 Å². The summed E-state index contributed by atoms with van der Waals surface area (Å²) in [4.78, 5) is 27.6. The highest BCUT2D eigenvalue weighted by atomic mass is 32.1. The van der Waals surface area contributed by atoms with Gasteiger partial charge in [-0.15, -0.1) is 11.3 Å². The number of aryl methyl sites for hydroxylation is 2. The van der Waals surface area contributed by atoms with Gasteiger partial charge < -0.3 is 19.2 Å². The van der Waals surface area contributed by atoms with Crippen molar-refractivity contribution in [2.75, 3.05) is 12.4 Å². The van der Waals surface area contributed by atoms with E-state index in [1.807, 2.05) is 38.1 Å². The van der Waals surface area contributed by atoms with Gasteiger partial charge >= 0.3 is 5.97 Å². The van der Waals surface area contributed by atoms with Crippen molar-refractivity contribution in [1.29, 1.82) is 0 Å². The smallest absolute Gasteiger partial charge is 0.348 e. The van der Waals surface area contributed by atoms with Crippen LogP contribution in [-0.2, 0) is 11.3 Å². The number of esters is 1. The van der Waals surface area contributed by atoms with E-state index in [4.69, 9.17) is 13.9 Å². The lowest BCUT2D eigenvalue weighted by Crippen LogP contribution is -2.32. The first-order valence-corrected chi connectivity index (χ1v) is 13.5. The van der Waals surface area contributed by atoms with E-state index in [1.165, 1.54) is 17.6 Å². The molecule has 3 heterocycles. The van der Waals surface area contributed by atoms with E-state index in [-0.39, 0.29) is 23.9 Å². The highest BCUT2D eigenvalue weighted by molar-refractivity contribution is 7.13. The maximum Gasteiger partial charge on any atom is 0.348 e. The molecule has 1 aliphatic rings. The molecule has 1 aliphatic heterocycles. The third-order valence-electron chi connectivity index (χ3n) is 6.85.